The van der Waals surface area contributed by atoms with Gasteiger partial charge in [0.25, 0.3) is 0 Å². The number of benzene rings is 1. The predicted molar refractivity (Wildman–Crippen MR) is 90.9 cm³/mol. The summed E-state index contributed by atoms with van der Waals surface area (Å²) >= 11 is 0. The summed E-state index contributed by atoms with van der Waals surface area (Å²) in [4.78, 5) is 12.1. The molecule has 0 unspecified atom stereocenters. The van der Waals surface area contributed by atoms with Gasteiger partial charge in [-0.15, -0.1) is 0 Å². The second-order valence-corrected chi connectivity index (χ2v) is 5.80. The Labute approximate surface area is 135 Å². The Kier molecular flexibility index (Phi) is 4.63. The molecule has 0 fully saturated rings. The molecule has 1 aromatic carbocycles. The van der Waals surface area contributed by atoms with E-state index >= 15 is 0 Å². The van der Waals surface area contributed by atoms with Crippen LogP contribution in [0.5, 0.6) is 0 Å². The van der Waals surface area contributed by atoms with Crippen LogP contribution in [0.15, 0.2) is 46.9 Å². The van der Waals surface area contributed by atoms with E-state index in [1.807, 2.05) is 49.4 Å². The molecule has 0 saturated heterocycles. The first-order valence-electron chi connectivity index (χ1n) is 7.99. The number of furan rings is 1. The monoisotopic (exact) mass is 311 g/mol. The summed E-state index contributed by atoms with van der Waals surface area (Å²) in [5.41, 5.74) is 1.81. The molecular weight excluding hydrogens is 290 g/mol. The Morgan fingerprint density at radius 2 is 2.22 bits per heavy atom. The van der Waals surface area contributed by atoms with Gasteiger partial charge in [-0.3, -0.25) is 4.79 Å². The summed E-state index contributed by atoms with van der Waals surface area (Å²) in [5.74, 6) is 0.899. The lowest BCUT2D eigenvalue weighted by molar-refractivity contribution is -0.116. The summed E-state index contributed by atoms with van der Waals surface area (Å²) in [7, 11) is 0. The van der Waals surface area contributed by atoms with Crippen LogP contribution in [0, 0.1) is 5.92 Å². The molecule has 0 radical (unpaired) electrons. The molecule has 1 aliphatic rings. The number of fused-ring (bicyclic) bond motifs is 1. The summed E-state index contributed by atoms with van der Waals surface area (Å²) in [6, 6.07) is 7.84. The van der Waals surface area contributed by atoms with Crippen molar-refractivity contribution in [3.8, 4) is 0 Å². The van der Waals surface area contributed by atoms with Crippen molar-refractivity contribution < 1.29 is 14.3 Å². The second kappa shape index (κ2) is 6.84. The van der Waals surface area contributed by atoms with Crippen LogP contribution in [0.25, 0.3) is 17.0 Å². The van der Waals surface area contributed by atoms with Crippen molar-refractivity contribution in [3.63, 3.8) is 0 Å². The first-order chi connectivity index (χ1) is 11.2. The van der Waals surface area contributed by atoms with E-state index in [1.54, 1.807) is 6.08 Å². The van der Waals surface area contributed by atoms with E-state index in [4.69, 9.17) is 9.52 Å². The van der Waals surface area contributed by atoms with Crippen LogP contribution >= 0.6 is 0 Å². The Morgan fingerprint density at radius 1 is 1.39 bits per heavy atom. The minimum Gasteiger partial charge on any atom is -0.460 e. The molecule has 2 N–H and O–H groups in total. The van der Waals surface area contributed by atoms with Gasteiger partial charge >= 0.3 is 0 Å². The Bertz CT molecular complexity index is 757. The van der Waals surface area contributed by atoms with E-state index in [0.29, 0.717) is 0 Å². The number of rotatable bonds is 5. The van der Waals surface area contributed by atoms with Gasteiger partial charge in [-0.2, -0.15) is 0 Å². The van der Waals surface area contributed by atoms with E-state index in [1.165, 1.54) is 0 Å². The zero-order chi connectivity index (χ0) is 16.2. The number of aliphatic hydroxyl groups is 1. The molecule has 3 rings (SSSR count). The van der Waals surface area contributed by atoms with Gasteiger partial charge in [0.15, 0.2) is 0 Å². The number of hydrogen-bond acceptors (Lipinski definition) is 3. The fourth-order valence-electron chi connectivity index (χ4n) is 2.97. The maximum Gasteiger partial charge on any atom is 0.244 e. The fraction of sp³-hybridized carbons (Fsp3) is 0.316. The molecule has 2 atom stereocenters. The maximum atomic E-state index is 12.1. The number of nitrogens with one attached hydrogen (secondary N) is 1. The van der Waals surface area contributed by atoms with E-state index in [2.05, 4.69) is 5.32 Å². The molecule has 1 heterocycles. The quantitative estimate of drug-likeness (QED) is 0.659. The Hall–Kier alpha value is -2.33. The van der Waals surface area contributed by atoms with E-state index < -0.39 is 0 Å². The zero-order valence-electron chi connectivity index (χ0n) is 13.2. The number of aryl methyl sites for hydroxylation is 1. The predicted octanol–water partition coefficient (Wildman–Crippen LogP) is 3.06. The van der Waals surface area contributed by atoms with Gasteiger partial charge in [0, 0.05) is 42.0 Å². The molecule has 120 valence electrons. The number of hydrogen-bond donors (Lipinski definition) is 2. The summed E-state index contributed by atoms with van der Waals surface area (Å²) in [6.45, 7) is 2.16. The molecular formula is C19H21NO3. The van der Waals surface area contributed by atoms with Gasteiger partial charge in [0.2, 0.25) is 5.91 Å². The average molecular weight is 311 g/mol. The zero-order valence-corrected chi connectivity index (χ0v) is 13.2. The Morgan fingerprint density at radius 3 is 2.96 bits per heavy atom. The highest BCUT2D eigenvalue weighted by Gasteiger charge is 2.19. The minimum absolute atomic E-state index is 0.00367. The number of amides is 1. The van der Waals surface area contributed by atoms with Gasteiger partial charge in [-0.1, -0.05) is 37.3 Å². The average Bonchev–Trinajstić information content (AvgIpc) is 3.16. The number of carbonyl (C=O) groups excluding carboxylic acids is 1. The van der Waals surface area contributed by atoms with Crippen LogP contribution in [0.2, 0.25) is 0 Å². The van der Waals surface area contributed by atoms with Crippen molar-refractivity contribution in [1.29, 1.82) is 0 Å². The SMILES string of the molecule is CCc1oc2ccccc2c1/C=C/C(=O)N[C@@H]1C=C[C@H](CO)C1. The second-order valence-electron chi connectivity index (χ2n) is 5.80. The minimum atomic E-state index is -0.134. The third-order valence-corrected chi connectivity index (χ3v) is 4.17. The maximum absolute atomic E-state index is 12.1. The molecule has 0 aliphatic heterocycles. The van der Waals surface area contributed by atoms with Crippen molar-refractivity contribution in [1.82, 2.24) is 5.32 Å². The first kappa shape index (κ1) is 15.6. The highest BCUT2D eigenvalue weighted by molar-refractivity contribution is 5.96. The number of para-hydroxylation sites is 1. The number of aliphatic hydroxyl groups excluding tert-OH is 1. The molecule has 1 amide bonds. The van der Waals surface area contributed by atoms with Crippen LogP contribution in [-0.4, -0.2) is 23.7 Å². The van der Waals surface area contributed by atoms with Gasteiger partial charge in [0.1, 0.15) is 11.3 Å². The van der Waals surface area contributed by atoms with Crippen LogP contribution in [-0.2, 0) is 11.2 Å². The smallest absolute Gasteiger partial charge is 0.244 e. The van der Waals surface area contributed by atoms with Crippen molar-refractivity contribution >= 4 is 23.0 Å². The normalized spacial score (nSPS) is 20.6. The van der Waals surface area contributed by atoms with Crippen molar-refractivity contribution in [2.45, 2.75) is 25.8 Å². The topological polar surface area (TPSA) is 62.5 Å². The third-order valence-electron chi connectivity index (χ3n) is 4.17. The molecule has 0 saturated carbocycles. The molecule has 1 aliphatic carbocycles. The van der Waals surface area contributed by atoms with Crippen LogP contribution in [0.4, 0.5) is 0 Å². The summed E-state index contributed by atoms with van der Waals surface area (Å²) in [6.07, 6.45) is 8.80. The van der Waals surface area contributed by atoms with Crippen molar-refractivity contribution in [2.75, 3.05) is 6.61 Å². The number of carbonyl (C=O) groups is 1. The van der Waals surface area contributed by atoms with Crippen molar-refractivity contribution in [2.24, 2.45) is 5.92 Å². The van der Waals surface area contributed by atoms with Crippen LogP contribution in [0.1, 0.15) is 24.7 Å². The molecule has 1 aromatic heterocycles. The van der Waals surface area contributed by atoms with Gasteiger partial charge in [-0.05, 0) is 18.6 Å². The van der Waals surface area contributed by atoms with E-state index in [9.17, 15) is 4.79 Å². The standard InChI is InChI=1S/C19H21NO3/c1-2-17-16(15-5-3-4-6-18(15)23-17)9-10-19(22)20-14-8-7-13(11-14)12-21/h3-10,13-14,21H,2,11-12H2,1H3,(H,20,22)/b10-9+/t13-,14+/m0/s1. The van der Waals surface area contributed by atoms with Crippen LogP contribution < -0.4 is 5.32 Å². The van der Waals surface area contributed by atoms with E-state index in [-0.39, 0.29) is 24.5 Å². The molecule has 4 heteroatoms. The lowest BCUT2D eigenvalue weighted by Gasteiger charge is -2.10. The summed E-state index contributed by atoms with van der Waals surface area (Å²) < 4.78 is 5.82. The molecule has 2 aromatic rings. The molecule has 4 nitrogen and oxygen atoms in total. The summed E-state index contributed by atoms with van der Waals surface area (Å²) in [5, 5.41) is 13.1. The molecule has 0 bridgehead atoms. The third kappa shape index (κ3) is 3.37. The van der Waals surface area contributed by atoms with Gasteiger partial charge in [-0.25, -0.2) is 0 Å². The molecule has 0 spiro atoms. The van der Waals surface area contributed by atoms with E-state index in [0.717, 1.165) is 35.1 Å². The lowest BCUT2D eigenvalue weighted by Crippen LogP contribution is -2.31. The highest BCUT2D eigenvalue weighted by Crippen LogP contribution is 2.27. The van der Waals surface area contributed by atoms with Crippen LogP contribution in [0.3, 0.4) is 0 Å². The Balaban J connectivity index is 1.73. The largest absolute Gasteiger partial charge is 0.460 e. The fourth-order valence-corrected chi connectivity index (χ4v) is 2.97. The molecule has 23 heavy (non-hydrogen) atoms. The van der Waals surface area contributed by atoms with Gasteiger partial charge in [0.05, 0.1) is 0 Å². The van der Waals surface area contributed by atoms with Crippen molar-refractivity contribution in [3.05, 3.63) is 53.8 Å². The lowest BCUT2D eigenvalue weighted by atomic mass is 10.1. The highest BCUT2D eigenvalue weighted by atomic mass is 16.3. The van der Waals surface area contributed by atoms with Gasteiger partial charge < -0.3 is 14.8 Å². The first-order valence-corrected chi connectivity index (χ1v) is 7.99.